The monoisotopic (exact) mass is 394 g/mol. The Bertz CT molecular complexity index is 926. The number of benzene rings is 4. The molecule has 4 rings (SSSR count). The molecule has 0 aliphatic carbocycles. The zero-order valence-electron chi connectivity index (χ0n) is 16.7. The van der Waals surface area contributed by atoms with E-state index in [0.717, 1.165) is 6.42 Å². The van der Waals surface area contributed by atoms with Crippen LogP contribution < -0.4 is 10.6 Å². The van der Waals surface area contributed by atoms with Crippen molar-refractivity contribution >= 4 is 18.5 Å². The van der Waals surface area contributed by atoms with Crippen LogP contribution in [0.1, 0.15) is 23.5 Å². The molecule has 4 aromatic carbocycles. The summed E-state index contributed by atoms with van der Waals surface area (Å²) in [6.07, 6.45) is 3.47. The molecule has 0 aromatic heterocycles. The molecule has 0 aliphatic rings. The Morgan fingerprint density at radius 3 is 1.48 bits per heavy atom. The Balaban J connectivity index is 1.63. The highest BCUT2D eigenvalue weighted by atomic mass is 31.1. The van der Waals surface area contributed by atoms with Crippen LogP contribution in [0, 0.1) is 0 Å². The summed E-state index contributed by atoms with van der Waals surface area (Å²) >= 11 is 0. The van der Waals surface area contributed by atoms with Gasteiger partial charge in [0.05, 0.1) is 0 Å². The molecule has 0 saturated heterocycles. The van der Waals surface area contributed by atoms with Gasteiger partial charge in [0.2, 0.25) is 0 Å². The topological polar surface area (TPSA) is 0 Å². The normalized spacial score (nSPS) is 12.0. The van der Waals surface area contributed by atoms with E-state index < -0.39 is 7.92 Å². The van der Waals surface area contributed by atoms with E-state index in [9.17, 15) is 0 Å². The summed E-state index contributed by atoms with van der Waals surface area (Å²) in [5.41, 5.74) is 2.89. The fraction of sp³-hybridized carbons (Fsp3) is 0.143. The van der Waals surface area contributed by atoms with Crippen molar-refractivity contribution in [3.8, 4) is 0 Å². The van der Waals surface area contributed by atoms with Crippen molar-refractivity contribution in [3.05, 3.63) is 132 Å². The van der Waals surface area contributed by atoms with Crippen molar-refractivity contribution < 1.29 is 0 Å². The van der Waals surface area contributed by atoms with Gasteiger partial charge < -0.3 is 0 Å². The van der Waals surface area contributed by atoms with Gasteiger partial charge in [0.15, 0.2) is 0 Å². The van der Waals surface area contributed by atoms with Crippen LogP contribution in [-0.2, 0) is 6.42 Å². The van der Waals surface area contributed by atoms with Gasteiger partial charge in [-0.15, -0.1) is 0 Å². The van der Waals surface area contributed by atoms with Crippen LogP contribution in [0.25, 0.3) is 0 Å². The predicted octanol–water partition coefficient (Wildman–Crippen LogP) is 6.54. The molecule has 0 aliphatic heterocycles. The second kappa shape index (κ2) is 10.2. The first kappa shape index (κ1) is 19.6. The third-order valence-corrected chi connectivity index (χ3v) is 8.08. The summed E-state index contributed by atoms with van der Waals surface area (Å²) in [5, 5.41) is 2.93. The first-order chi connectivity index (χ1) is 14.4. The van der Waals surface area contributed by atoms with Crippen molar-refractivity contribution in [2.24, 2.45) is 0 Å². The molecule has 0 fully saturated rings. The lowest BCUT2D eigenvalue weighted by molar-refractivity contribution is 0.686. The predicted molar refractivity (Wildman–Crippen MR) is 128 cm³/mol. The van der Waals surface area contributed by atoms with E-state index in [0.29, 0.717) is 5.92 Å². The zero-order chi connectivity index (χ0) is 19.7. The lowest BCUT2D eigenvalue weighted by Crippen LogP contribution is -2.18. The standard InChI is InChI=1S/C28H27P/c1-5-13-24(14-6-1)21-22-26(25-15-7-2-8-16-25)23-29(27-17-9-3-10-18-27)28-19-11-4-12-20-28/h1-20,26H,21-23H2. The third-order valence-electron chi connectivity index (χ3n) is 5.43. The SMILES string of the molecule is c1ccc(CCC(CP(c2ccccc2)c2ccccc2)c2ccccc2)cc1. The number of rotatable bonds is 8. The minimum atomic E-state index is -0.394. The summed E-state index contributed by atoms with van der Waals surface area (Å²) in [5.74, 6) is 0.544. The van der Waals surface area contributed by atoms with Crippen LogP contribution in [0.3, 0.4) is 0 Å². The molecule has 0 bridgehead atoms. The molecule has 144 valence electrons. The Labute approximate surface area is 176 Å². The van der Waals surface area contributed by atoms with Crippen LogP contribution in [-0.4, -0.2) is 6.16 Å². The van der Waals surface area contributed by atoms with E-state index in [2.05, 4.69) is 121 Å². The van der Waals surface area contributed by atoms with Gasteiger partial charge in [-0.3, -0.25) is 0 Å². The van der Waals surface area contributed by atoms with Gasteiger partial charge in [-0.05, 0) is 54.6 Å². The maximum Gasteiger partial charge on any atom is -0.0113 e. The minimum absolute atomic E-state index is 0.394. The van der Waals surface area contributed by atoms with Crippen LogP contribution in [0.2, 0.25) is 0 Å². The highest BCUT2D eigenvalue weighted by Crippen LogP contribution is 2.40. The first-order valence-electron chi connectivity index (χ1n) is 10.4. The molecule has 1 atom stereocenters. The molecule has 4 aromatic rings. The molecular weight excluding hydrogens is 367 g/mol. The van der Waals surface area contributed by atoms with Crippen molar-refractivity contribution in [2.75, 3.05) is 6.16 Å². The second-order valence-corrected chi connectivity index (χ2v) is 9.67. The van der Waals surface area contributed by atoms with Gasteiger partial charge in [-0.2, -0.15) is 0 Å². The van der Waals surface area contributed by atoms with Crippen LogP contribution in [0.15, 0.2) is 121 Å². The van der Waals surface area contributed by atoms with Crippen LogP contribution in [0.4, 0.5) is 0 Å². The molecule has 1 unspecified atom stereocenters. The quantitative estimate of drug-likeness (QED) is 0.298. The van der Waals surface area contributed by atoms with Crippen LogP contribution in [0.5, 0.6) is 0 Å². The van der Waals surface area contributed by atoms with Crippen molar-refractivity contribution in [3.63, 3.8) is 0 Å². The van der Waals surface area contributed by atoms with Crippen molar-refractivity contribution in [1.82, 2.24) is 0 Å². The zero-order valence-corrected chi connectivity index (χ0v) is 17.6. The van der Waals surface area contributed by atoms with Gasteiger partial charge in [-0.1, -0.05) is 121 Å². The lowest BCUT2D eigenvalue weighted by Gasteiger charge is -2.25. The third kappa shape index (κ3) is 5.43. The smallest absolute Gasteiger partial charge is 0.0113 e. The lowest BCUT2D eigenvalue weighted by atomic mass is 9.94. The first-order valence-corrected chi connectivity index (χ1v) is 11.9. The largest absolute Gasteiger partial charge is 0.0622 e. The van der Waals surface area contributed by atoms with E-state index in [1.807, 2.05) is 0 Å². The summed E-state index contributed by atoms with van der Waals surface area (Å²) in [6.45, 7) is 0. The molecule has 0 radical (unpaired) electrons. The summed E-state index contributed by atoms with van der Waals surface area (Å²) in [4.78, 5) is 0. The van der Waals surface area contributed by atoms with Gasteiger partial charge in [0.1, 0.15) is 0 Å². The van der Waals surface area contributed by atoms with Gasteiger partial charge in [-0.25, -0.2) is 0 Å². The Morgan fingerprint density at radius 2 is 0.966 bits per heavy atom. The second-order valence-electron chi connectivity index (χ2n) is 7.41. The van der Waals surface area contributed by atoms with Gasteiger partial charge in [0, 0.05) is 0 Å². The van der Waals surface area contributed by atoms with Crippen LogP contribution >= 0.6 is 7.92 Å². The molecule has 0 saturated carbocycles. The van der Waals surface area contributed by atoms with E-state index >= 15 is 0 Å². The summed E-state index contributed by atoms with van der Waals surface area (Å²) in [6, 6.07) is 44.1. The van der Waals surface area contributed by atoms with Gasteiger partial charge in [0.25, 0.3) is 0 Å². The molecule has 0 heterocycles. The average Bonchev–Trinajstić information content (AvgIpc) is 2.82. The maximum atomic E-state index is 2.30. The Hall–Kier alpha value is -2.69. The van der Waals surface area contributed by atoms with E-state index in [-0.39, 0.29) is 0 Å². The summed E-state index contributed by atoms with van der Waals surface area (Å²) < 4.78 is 0. The molecule has 0 N–H and O–H groups in total. The van der Waals surface area contributed by atoms with E-state index in [1.54, 1.807) is 0 Å². The number of hydrogen-bond donors (Lipinski definition) is 0. The number of aryl methyl sites for hydroxylation is 1. The highest BCUT2D eigenvalue weighted by molar-refractivity contribution is 7.73. The average molecular weight is 394 g/mol. The fourth-order valence-electron chi connectivity index (χ4n) is 3.87. The van der Waals surface area contributed by atoms with E-state index in [4.69, 9.17) is 0 Å². The molecule has 0 spiro atoms. The maximum absolute atomic E-state index is 2.30. The van der Waals surface area contributed by atoms with Gasteiger partial charge >= 0.3 is 0 Å². The Kier molecular flexibility index (Phi) is 6.89. The highest BCUT2D eigenvalue weighted by Gasteiger charge is 2.21. The minimum Gasteiger partial charge on any atom is -0.0622 e. The molecular formula is C28H27P. The van der Waals surface area contributed by atoms with Crippen molar-refractivity contribution in [1.29, 1.82) is 0 Å². The summed E-state index contributed by atoms with van der Waals surface area (Å²) in [7, 11) is -0.394. The Morgan fingerprint density at radius 1 is 0.517 bits per heavy atom. The molecule has 0 amide bonds. The molecule has 0 nitrogen and oxygen atoms in total. The van der Waals surface area contributed by atoms with Crippen molar-refractivity contribution in [2.45, 2.75) is 18.8 Å². The number of hydrogen-bond acceptors (Lipinski definition) is 0. The van der Waals surface area contributed by atoms with E-state index in [1.165, 1.54) is 34.3 Å². The molecule has 1 heteroatoms. The molecule has 29 heavy (non-hydrogen) atoms. The fourth-order valence-corrected chi connectivity index (χ4v) is 6.49.